The molecule has 0 aliphatic rings. The van der Waals surface area contributed by atoms with Crippen molar-refractivity contribution in [1.29, 1.82) is 0 Å². The molecule has 0 saturated heterocycles. The van der Waals surface area contributed by atoms with Crippen molar-refractivity contribution in [2.24, 2.45) is 0 Å². The van der Waals surface area contributed by atoms with Gasteiger partial charge in [-0.15, -0.1) is 0 Å². The Morgan fingerprint density at radius 2 is 1.59 bits per heavy atom. The lowest BCUT2D eigenvalue weighted by Gasteiger charge is -2.15. The van der Waals surface area contributed by atoms with Crippen molar-refractivity contribution in [3.8, 4) is 5.75 Å². The predicted molar refractivity (Wildman–Crippen MR) is 102 cm³/mol. The van der Waals surface area contributed by atoms with E-state index in [4.69, 9.17) is 4.74 Å². The summed E-state index contributed by atoms with van der Waals surface area (Å²) in [5.74, 6) is -0.323. The van der Waals surface area contributed by atoms with Crippen LogP contribution in [0.5, 0.6) is 5.75 Å². The van der Waals surface area contributed by atoms with Gasteiger partial charge in [0.1, 0.15) is 11.6 Å². The van der Waals surface area contributed by atoms with Gasteiger partial charge in [-0.1, -0.05) is 38.1 Å². The van der Waals surface area contributed by atoms with E-state index in [0.29, 0.717) is 18.1 Å². The smallest absolute Gasteiger partial charge is 0.279 e. The molecule has 144 valence electrons. The molecule has 0 aromatic heterocycles. The van der Waals surface area contributed by atoms with Crippen molar-refractivity contribution >= 4 is 11.8 Å². The van der Waals surface area contributed by atoms with Crippen LogP contribution in [0.1, 0.15) is 44.2 Å². The zero-order chi connectivity index (χ0) is 19.8. The summed E-state index contributed by atoms with van der Waals surface area (Å²) in [4.78, 5) is 23.9. The van der Waals surface area contributed by atoms with Gasteiger partial charge in [0.2, 0.25) is 5.91 Å². The first-order chi connectivity index (χ1) is 12.8. The number of halogens is 1. The number of benzene rings is 2. The van der Waals surface area contributed by atoms with E-state index in [0.717, 1.165) is 5.56 Å². The Bertz CT molecular complexity index is 758. The van der Waals surface area contributed by atoms with E-state index in [1.54, 1.807) is 6.92 Å². The number of nitrogens with one attached hydrogen (secondary N) is 2. The molecule has 2 rings (SSSR count). The number of carbonyl (C=O) groups is 2. The second-order valence-corrected chi connectivity index (χ2v) is 6.65. The average Bonchev–Trinajstić information content (AvgIpc) is 2.66. The number of ether oxygens (including phenoxy) is 1. The number of rotatable bonds is 7. The van der Waals surface area contributed by atoms with E-state index < -0.39 is 12.0 Å². The zero-order valence-electron chi connectivity index (χ0n) is 15.8. The van der Waals surface area contributed by atoms with E-state index in [2.05, 4.69) is 36.8 Å². The van der Waals surface area contributed by atoms with Gasteiger partial charge in [0, 0.05) is 6.42 Å². The molecule has 0 aliphatic heterocycles. The fourth-order valence-corrected chi connectivity index (χ4v) is 2.39. The molecule has 6 heteroatoms. The molecule has 0 radical (unpaired) electrons. The van der Waals surface area contributed by atoms with Crippen LogP contribution in [0.4, 0.5) is 4.39 Å². The van der Waals surface area contributed by atoms with Gasteiger partial charge in [-0.25, -0.2) is 4.39 Å². The maximum absolute atomic E-state index is 12.9. The summed E-state index contributed by atoms with van der Waals surface area (Å²) in [6.45, 7) is 5.80. The van der Waals surface area contributed by atoms with Crippen LogP contribution in [-0.2, 0) is 16.0 Å². The number of hydrogen-bond acceptors (Lipinski definition) is 3. The topological polar surface area (TPSA) is 67.4 Å². The van der Waals surface area contributed by atoms with Gasteiger partial charge >= 0.3 is 0 Å². The van der Waals surface area contributed by atoms with Crippen LogP contribution in [0.15, 0.2) is 48.5 Å². The highest BCUT2D eigenvalue weighted by Crippen LogP contribution is 2.15. The highest BCUT2D eigenvalue weighted by molar-refractivity contribution is 5.84. The van der Waals surface area contributed by atoms with Gasteiger partial charge in [-0.2, -0.15) is 0 Å². The molecular weight excluding hydrogens is 347 g/mol. The van der Waals surface area contributed by atoms with Crippen LogP contribution in [-0.4, -0.2) is 17.9 Å². The molecule has 2 aromatic carbocycles. The predicted octanol–water partition coefficient (Wildman–Crippen LogP) is 3.50. The molecule has 0 fully saturated rings. The Hall–Kier alpha value is -2.89. The number of hydrogen-bond donors (Lipinski definition) is 2. The molecule has 2 amide bonds. The van der Waals surface area contributed by atoms with E-state index in [1.807, 2.05) is 12.1 Å². The second-order valence-electron chi connectivity index (χ2n) is 6.65. The Kier molecular flexibility index (Phi) is 7.34. The highest BCUT2D eigenvalue weighted by Gasteiger charge is 2.15. The van der Waals surface area contributed by atoms with E-state index in [9.17, 15) is 14.0 Å². The van der Waals surface area contributed by atoms with E-state index in [-0.39, 0.29) is 18.1 Å². The molecule has 0 aliphatic carbocycles. The lowest BCUT2D eigenvalue weighted by molar-refractivity contribution is -0.132. The molecule has 1 atom stereocenters. The van der Waals surface area contributed by atoms with Gasteiger partial charge in [0.15, 0.2) is 6.10 Å². The quantitative estimate of drug-likeness (QED) is 0.731. The minimum absolute atomic E-state index is 0.258. The van der Waals surface area contributed by atoms with Gasteiger partial charge in [-0.05, 0) is 54.7 Å². The Morgan fingerprint density at radius 1 is 0.963 bits per heavy atom. The van der Waals surface area contributed by atoms with Crippen molar-refractivity contribution in [2.75, 3.05) is 0 Å². The molecule has 27 heavy (non-hydrogen) atoms. The molecule has 0 heterocycles. The van der Waals surface area contributed by atoms with Crippen molar-refractivity contribution in [3.05, 3.63) is 65.5 Å². The van der Waals surface area contributed by atoms with Crippen LogP contribution in [0.3, 0.4) is 0 Å². The molecule has 2 aromatic rings. The van der Waals surface area contributed by atoms with Crippen LogP contribution in [0.25, 0.3) is 0 Å². The molecule has 5 nitrogen and oxygen atoms in total. The Morgan fingerprint density at radius 3 is 2.19 bits per heavy atom. The van der Waals surface area contributed by atoms with Crippen LogP contribution in [0.2, 0.25) is 0 Å². The number of carbonyl (C=O) groups excluding carboxylic acids is 2. The monoisotopic (exact) mass is 372 g/mol. The molecule has 0 saturated carbocycles. The van der Waals surface area contributed by atoms with Crippen LogP contribution >= 0.6 is 0 Å². The minimum atomic E-state index is -0.834. The third-order valence-corrected chi connectivity index (χ3v) is 4.11. The van der Waals surface area contributed by atoms with Crippen molar-refractivity contribution in [2.45, 2.75) is 45.6 Å². The number of amides is 2. The first-order valence-corrected chi connectivity index (χ1v) is 8.95. The van der Waals surface area contributed by atoms with E-state index in [1.165, 1.54) is 29.8 Å². The minimum Gasteiger partial charge on any atom is -0.481 e. The Balaban J connectivity index is 1.72. The first kappa shape index (κ1) is 20.4. The lowest BCUT2D eigenvalue weighted by atomic mass is 10.0. The lowest BCUT2D eigenvalue weighted by Crippen LogP contribution is -2.47. The fraction of sp³-hybridized carbons (Fsp3) is 0.333. The fourth-order valence-electron chi connectivity index (χ4n) is 2.39. The SMILES string of the molecule is CC(Oc1ccc(F)cc1)C(=O)NNC(=O)CCc1ccc(C(C)C)cc1. The van der Waals surface area contributed by atoms with Gasteiger partial charge in [0.25, 0.3) is 5.91 Å². The standard InChI is InChI=1S/C21H25FN2O3/c1-14(2)17-7-4-16(5-8-17)6-13-20(25)23-24-21(26)15(3)27-19-11-9-18(22)10-12-19/h4-5,7-12,14-15H,6,13H2,1-3H3,(H,23,25)(H,24,26). The zero-order valence-corrected chi connectivity index (χ0v) is 15.8. The molecule has 0 spiro atoms. The largest absolute Gasteiger partial charge is 0.481 e. The molecule has 2 N–H and O–H groups in total. The maximum Gasteiger partial charge on any atom is 0.279 e. The summed E-state index contributed by atoms with van der Waals surface area (Å²) in [7, 11) is 0. The third-order valence-electron chi connectivity index (χ3n) is 4.11. The molecule has 1 unspecified atom stereocenters. The second kappa shape index (κ2) is 9.71. The summed E-state index contributed by atoms with van der Waals surface area (Å²) < 4.78 is 18.3. The first-order valence-electron chi connectivity index (χ1n) is 8.95. The van der Waals surface area contributed by atoms with Gasteiger partial charge in [0.05, 0.1) is 0 Å². The summed E-state index contributed by atoms with van der Waals surface area (Å²) in [5.41, 5.74) is 7.04. The summed E-state index contributed by atoms with van der Waals surface area (Å²) >= 11 is 0. The number of hydrazine groups is 1. The normalized spacial score (nSPS) is 11.7. The highest BCUT2D eigenvalue weighted by atomic mass is 19.1. The van der Waals surface area contributed by atoms with Crippen molar-refractivity contribution in [1.82, 2.24) is 10.9 Å². The van der Waals surface area contributed by atoms with E-state index >= 15 is 0 Å². The van der Waals surface area contributed by atoms with Crippen molar-refractivity contribution < 1.29 is 18.7 Å². The van der Waals surface area contributed by atoms with Gasteiger partial charge < -0.3 is 4.74 Å². The van der Waals surface area contributed by atoms with Crippen LogP contribution < -0.4 is 15.6 Å². The summed E-state index contributed by atoms with van der Waals surface area (Å²) in [5, 5.41) is 0. The third kappa shape index (κ3) is 6.73. The van der Waals surface area contributed by atoms with Crippen LogP contribution in [0, 0.1) is 5.82 Å². The average molecular weight is 372 g/mol. The maximum atomic E-state index is 12.9. The molecular formula is C21H25FN2O3. The molecule has 0 bridgehead atoms. The number of aryl methyl sites for hydroxylation is 1. The summed E-state index contributed by atoms with van der Waals surface area (Å²) in [6.07, 6.45) is 0.00952. The Labute approximate surface area is 158 Å². The van der Waals surface area contributed by atoms with Crippen molar-refractivity contribution in [3.63, 3.8) is 0 Å². The summed E-state index contributed by atoms with van der Waals surface area (Å²) in [6, 6.07) is 13.5. The van der Waals surface area contributed by atoms with Gasteiger partial charge in [-0.3, -0.25) is 20.4 Å².